The Hall–Kier alpha value is -4.26. The molecule has 0 aliphatic rings. The molecule has 3 aromatic heterocycles. The number of rotatable bonds is 4. The second kappa shape index (κ2) is 7.41. The summed E-state index contributed by atoms with van der Waals surface area (Å²) in [6.07, 6.45) is 2.07. The van der Waals surface area contributed by atoms with Gasteiger partial charge in [-0.25, -0.2) is 18.6 Å². The molecule has 6 rings (SSSR count). The van der Waals surface area contributed by atoms with Crippen LogP contribution in [0.4, 0.5) is 0 Å². The van der Waals surface area contributed by atoms with Crippen molar-refractivity contribution in [3.63, 3.8) is 0 Å². The third-order valence-corrected chi connectivity index (χ3v) is 6.34. The van der Waals surface area contributed by atoms with E-state index < -0.39 is 0 Å². The third kappa shape index (κ3) is 3.20. The number of hydrogen-bond donors (Lipinski definition) is 0. The van der Waals surface area contributed by atoms with Crippen LogP contribution in [0.15, 0.2) is 82.3 Å². The van der Waals surface area contributed by atoms with Gasteiger partial charge in [0.15, 0.2) is 17.7 Å². The molecule has 0 aliphatic carbocycles. The Morgan fingerprint density at radius 3 is 2.64 bits per heavy atom. The summed E-state index contributed by atoms with van der Waals surface area (Å²) < 4.78 is 11.8. The highest BCUT2D eigenvalue weighted by Gasteiger charge is 2.19. The Morgan fingerprint density at radius 1 is 0.970 bits per heavy atom. The average molecular weight is 436 g/mol. The van der Waals surface area contributed by atoms with E-state index in [1.807, 2.05) is 61.0 Å². The van der Waals surface area contributed by atoms with E-state index in [-0.39, 0.29) is 5.63 Å². The Morgan fingerprint density at radius 2 is 1.76 bits per heavy atom. The van der Waals surface area contributed by atoms with Gasteiger partial charge in [-0.05, 0) is 49.2 Å². The van der Waals surface area contributed by atoms with Gasteiger partial charge in [0.25, 0.3) is 0 Å². The average Bonchev–Trinajstić information content (AvgIpc) is 3.39. The van der Waals surface area contributed by atoms with Crippen LogP contribution in [-0.4, -0.2) is 19.6 Å². The fourth-order valence-corrected chi connectivity index (χ4v) is 4.49. The lowest BCUT2D eigenvalue weighted by Crippen LogP contribution is -2.36. The quantitative estimate of drug-likeness (QED) is 0.310. The summed E-state index contributed by atoms with van der Waals surface area (Å²) in [5.74, 6) is 0. The van der Waals surface area contributed by atoms with Gasteiger partial charge in [0.05, 0.1) is 5.52 Å². The number of fused-ring (bicyclic) bond motifs is 3. The summed E-state index contributed by atoms with van der Waals surface area (Å²) in [5, 5.41) is 9.58. The maximum atomic E-state index is 12.4. The van der Waals surface area contributed by atoms with Gasteiger partial charge in [-0.3, -0.25) is 0 Å². The highest BCUT2D eigenvalue weighted by Crippen LogP contribution is 2.24. The minimum atomic E-state index is -0.329. The zero-order valence-corrected chi connectivity index (χ0v) is 18.4. The van der Waals surface area contributed by atoms with Crippen molar-refractivity contribution in [2.75, 3.05) is 0 Å². The monoisotopic (exact) mass is 436 g/mol. The van der Waals surface area contributed by atoms with Crippen LogP contribution >= 0.6 is 0 Å². The summed E-state index contributed by atoms with van der Waals surface area (Å²) in [7, 11) is 0. The van der Waals surface area contributed by atoms with Gasteiger partial charge in [-0.1, -0.05) is 41.6 Å². The van der Waals surface area contributed by atoms with Crippen molar-refractivity contribution in [2.24, 2.45) is 0 Å². The first kappa shape index (κ1) is 19.4. The highest BCUT2D eigenvalue weighted by molar-refractivity contribution is 5.84. The molecule has 3 heterocycles. The SMILES string of the molecule is Cc1ccc2c(Cn3c[n+](Cn4nnc5ccccc54)c4ccccc43)cc(=O)oc2c1C. The molecule has 162 valence electrons. The predicted octanol–water partition coefficient (Wildman–Crippen LogP) is 3.95. The Balaban J connectivity index is 1.47. The molecule has 0 amide bonds. The molecule has 6 aromatic rings. The smallest absolute Gasteiger partial charge is 0.336 e. The Labute approximate surface area is 189 Å². The number of para-hydroxylation sites is 3. The van der Waals surface area contributed by atoms with Crippen molar-refractivity contribution in [2.45, 2.75) is 27.1 Å². The van der Waals surface area contributed by atoms with Crippen LogP contribution in [0.5, 0.6) is 0 Å². The predicted molar refractivity (Wildman–Crippen MR) is 126 cm³/mol. The first-order valence-corrected chi connectivity index (χ1v) is 10.9. The van der Waals surface area contributed by atoms with Crippen molar-refractivity contribution >= 4 is 33.0 Å². The standard InChI is InChI=1S/C26H22N5O2/c1-17-11-12-20-19(13-25(32)33-26(20)18(17)2)14-29-15-30(24-10-6-5-9-23(24)29)16-31-22-8-4-3-7-21(22)27-28-31/h3-13,15H,14,16H2,1-2H3/q+1. The largest absolute Gasteiger partial charge is 0.422 e. The van der Waals surface area contributed by atoms with Gasteiger partial charge in [0.2, 0.25) is 6.33 Å². The molecule has 0 spiro atoms. The third-order valence-electron chi connectivity index (χ3n) is 6.34. The van der Waals surface area contributed by atoms with Crippen molar-refractivity contribution in [1.29, 1.82) is 0 Å². The summed E-state index contributed by atoms with van der Waals surface area (Å²) in [6, 6.07) is 21.9. The lowest BCUT2D eigenvalue weighted by molar-refractivity contribution is -0.677. The zero-order valence-electron chi connectivity index (χ0n) is 18.4. The molecule has 33 heavy (non-hydrogen) atoms. The summed E-state index contributed by atoms with van der Waals surface area (Å²) in [4.78, 5) is 12.4. The van der Waals surface area contributed by atoms with Crippen molar-refractivity contribution in [1.82, 2.24) is 19.6 Å². The molecule has 7 heteroatoms. The number of aromatic nitrogens is 5. The highest BCUT2D eigenvalue weighted by atomic mass is 16.4. The summed E-state index contributed by atoms with van der Waals surface area (Å²) in [5.41, 5.74) is 7.38. The lowest BCUT2D eigenvalue weighted by Gasteiger charge is -2.08. The van der Waals surface area contributed by atoms with Gasteiger partial charge in [-0.15, -0.1) is 5.10 Å². The summed E-state index contributed by atoms with van der Waals surface area (Å²) >= 11 is 0. The van der Waals surface area contributed by atoms with Gasteiger partial charge in [0.1, 0.15) is 17.6 Å². The second-order valence-electron chi connectivity index (χ2n) is 8.40. The normalized spacial score (nSPS) is 11.7. The summed E-state index contributed by atoms with van der Waals surface area (Å²) in [6.45, 7) is 5.10. The maximum Gasteiger partial charge on any atom is 0.336 e. The van der Waals surface area contributed by atoms with Crippen LogP contribution in [-0.2, 0) is 13.2 Å². The van der Waals surface area contributed by atoms with Gasteiger partial charge >= 0.3 is 5.63 Å². The lowest BCUT2D eigenvalue weighted by atomic mass is 10.0. The number of benzene rings is 3. The molecule has 0 N–H and O–H groups in total. The van der Waals surface area contributed by atoms with Crippen LogP contribution in [0.25, 0.3) is 33.0 Å². The van der Waals surface area contributed by atoms with Crippen molar-refractivity contribution in [3.05, 3.63) is 100 Å². The van der Waals surface area contributed by atoms with Crippen LogP contribution in [0.3, 0.4) is 0 Å². The molecule has 7 nitrogen and oxygen atoms in total. The first-order valence-electron chi connectivity index (χ1n) is 10.9. The molecule has 0 radical (unpaired) electrons. The van der Waals surface area contributed by atoms with E-state index in [9.17, 15) is 4.79 Å². The van der Waals surface area contributed by atoms with E-state index >= 15 is 0 Å². The van der Waals surface area contributed by atoms with Crippen molar-refractivity contribution in [3.8, 4) is 0 Å². The zero-order chi connectivity index (χ0) is 22.5. The minimum Gasteiger partial charge on any atom is -0.422 e. The second-order valence-corrected chi connectivity index (χ2v) is 8.40. The molecule has 0 fully saturated rings. The maximum absolute atomic E-state index is 12.4. The first-order chi connectivity index (χ1) is 16.1. The van der Waals surface area contributed by atoms with Gasteiger partial charge < -0.3 is 4.42 Å². The van der Waals surface area contributed by atoms with Crippen LogP contribution < -0.4 is 10.2 Å². The molecular formula is C26H22N5O2+. The fraction of sp³-hybridized carbons (Fsp3) is 0.154. The Bertz CT molecular complexity index is 1720. The van der Waals surface area contributed by atoms with E-state index in [4.69, 9.17) is 4.42 Å². The molecule has 0 atom stereocenters. The number of aryl methyl sites for hydroxylation is 2. The Kier molecular flexibility index (Phi) is 4.36. The molecular weight excluding hydrogens is 414 g/mol. The molecule has 0 unspecified atom stereocenters. The minimum absolute atomic E-state index is 0.329. The molecule has 0 bridgehead atoms. The number of nitrogens with zero attached hydrogens (tertiary/aromatic N) is 5. The topological polar surface area (TPSA) is 69.7 Å². The molecule has 0 saturated heterocycles. The fourth-order valence-electron chi connectivity index (χ4n) is 4.49. The van der Waals surface area contributed by atoms with E-state index in [0.717, 1.165) is 44.1 Å². The van der Waals surface area contributed by atoms with Gasteiger partial charge in [-0.2, -0.15) is 0 Å². The van der Waals surface area contributed by atoms with Crippen LogP contribution in [0.2, 0.25) is 0 Å². The van der Waals surface area contributed by atoms with E-state index in [0.29, 0.717) is 18.8 Å². The number of hydrogen-bond acceptors (Lipinski definition) is 4. The molecule has 0 saturated carbocycles. The van der Waals surface area contributed by atoms with E-state index in [1.165, 1.54) is 0 Å². The number of imidazole rings is 1. The van der Waals surface area contributed by atoms with E-state index in [1.54, 1.807) is 6.07 Å². The van der Waals surface area contributed by atoms with Crippen LogP contribution in [0.1, 0.15) is 16.7 Å². The van der Waals surface area contributed by atoms with Crippen LogP contribution in [0, 0.1) is 13.8 Å². The molecule has 0 aliphatic heterocycles. The van der Waals surface area contributed by atoms with Gasteiger partial charge in [0, 0.05) is 17.0 Å². The molecule has 3 aromatic carbocycles. The van der Waals surface area contributed by atoms with E-state index in [2.05, 4.69) is 44.0 Å². The van der Waals surface area contributed by atoms with Crippen molar-refractivity contribution < 1.29 is 8.98 Å².